The summed E-state index contributed by atoms with van der Waals surface area (Å²) in [6, 6.07) is 10.7. The average Bonchev–Trinajstić information content (AvgIpc) is 3.37. The molecule has 3 N–H and O–H groups in total. The second-order valence-electron chi connectivity index (χ2n) is 7.34. The zero-order valence-corrected chi connectivity index (χ0v) is 19.4. The van der Waals surface area contributed by atoms with Crippen LogP contribution in [0.15, 0.2) is 42.6 Å². The molecule has 1 aromatic carbocycles. The lowest BCUT2D eigenvalue weighted by molar-refractivity contribution is 0.0572. The molecule has 0 spiro atoms. The number of carbonyl (C=O) groups excluding carboxylic acids is 1. The number of methoxy groups -OCH3 is 1. The number of pyridine rings is 1. The molecule has 2 atom stereocenters. The molecule has 7 nitrogen and oxygen atoms in total. The maximum absolute atomic E-state index is 13.0. The third-order valence-electron chi connectivity index (χ3n) is 5.18. The summed E-state index contributed by atoms with van der Waals surface area (Å²) >= 11 is 13.3. The summed E-state index contributed by atoms with van der Waals surface area (Å²) in [4.78, 5) is 20.5. The SMILES string of the molecule is COc1cc(NC(=O)c2sc(-c3ccc(Cl)cn3)cc2CCl)ccc1N1C[C@@H](O)[C@@H](O)C1. The molecule has 10 heteroatoms. The van der Waals surface area contributed by atoms with Crippen molar-refractivity contribution in [2.75, 3.05) is 30.4 Å². The lowest BCUT2D eigenvalue weighted by Gasteiger charge is -2.21. The molecule has 0 radical (unpaired) electrons. The highest BCUT2D eigenvalue weighted by molar-refractivity contribution is 7.17. The van der Waals surface area contributed by atoms with Crippen molar-refractivity contribution in [3.8, 4) is 16.3 Å². The largest absolute Gasteiger partial charge is 0.495 e. The summed E-state index contributed by atoms with van der Waals surface area (Å²) in [5.74, 6) is 0.431. The van der Waals surface area contributed by atoms with Crippen LogP contribution in [0.4, 0.5) is 11.4 Å². The number of hydrogen-bond donors (Lipinski definition) is 3. The maximum Gasteiger partial charge on any atom is 0.266 e. The van der Waals surface area contributed by atoms with Crippen molar-refractivity contribution in [1.82, 2.24) is 4.98 Å². The minimum atomic E-state index is -0.809. The van der Waals surface area contributed by atoms with E-state index < -0.39 is 12.2 Å². The molecule has 0 bridgehead atoms. The Morgan fingerprint density at radius 1 is 1.25 bits per heavy atom. The Balaban J connectivity index is 1.55. The number of amides is 1. The number of anilines is 2. The number of rotatable bonds is 6. The van der Waals surface area contributed by atoms with Crippen LogP contribution in [-0.2, 0) is 5.88 Å². The van der Waals surface area contributed by atoms with Gasteiger partial charge >= 0.3 is 0 Å². The Hall–Kier alpha value is -2.36. The van der Waals surface area contributed by atoms with Crippen LogP contribution in [0.3, 0.4) is 0 Å². The summed E-state index contributed by atoms with van der Waals surface area (Å²) < 4.78 is 5.48. The van der Waals surface area contributed by atoms with Gasteiger partial charge in [0.05, 0.1) is 45.5 Å². The minimum absolute atomic E-state index is 0.189. The highest BCUT2D eigenvalue weighted by Gasteiger charge is 2.31. The van der Waals surface area contributed by atoms with Gasteiger partial charge in [-0.2, -0.15) is 0 Å². The van der Waals surface area contributed by atoms with E-state index in [1.54, 1.807) is 36.5 Å². The molecular formula is C22H21Cl2N3O4S. The molecule has 4 rings (SSSR count). The maximum atomic E-state index is 13.0. The lowest BCUT2D eigenvalue weighted by atomic mass is 10.2. The van der Waals surface area contributed by atoms with Crippen molar-refractivity contribution < 1.29 is 19.7 Å². The quantitative estimate of drug-likeness (QED) is 0.449. The third kappa shape index (κ3) is 4.69. The molecule has 2 aromatic heterocycles. The molecule has 3 heterocycles. The van der Waals surface area contributed by atoms with Crippen LogP contribution in [0.25, 0.3) is 10.6 Å². The van der Waals surface area contributed by atoms with Crippen molar-refractivity contribution in [2.45, 2.75) is 18.1 Å². The number of carbonyl (C=O) groups is 1. The van der Waals surface area contributed by atoms with Gasteiger partial charge in [-0.3, -0.25) is 9.78 Å². The molecule has 0 saturated carbocycles. The van der Waals surface area contributed by atoms with Crippen LogP contribution in [0, 0.1) is 0 Å². The first-order valence-corrected chi connectivity index (χ1v) is 11.5. The van der Waals surface area contributed by atoms with E-state index in [1.807, 2.05) is 11.0 Å². The van der Waals surface area contributed by atoms with E-state index in [0.717, 1.165) is 10.6 Å². The van der Waals surface area contributed by atoms with Gasteiger partial charge < -0.3 is 25.2 Å². The van der Waals surface area contributed by atoms with Gasteiger partial charge in [-0.25, -0.2) is 0 Å². The molecule has 1 amide bonds. The fourth-order valence-corrected chi connectivity index (χ4v) is 4.99. The smallest absolute Gasteiger partial charge is 0.266 e. The van der Waals surface area contributed by atoms with Gasteiger partial charge in [0.1, 0.15) is 5.75 Å². The third-order valence-corrected chi connectivity index (χ3v) is 6.89. The van der Waals surface area contributed by atoms with Crippen LogP contribution < -0.4 is 15.0 Å². The Bertz CT molecular complexity index is 1110. The predicted octanol–water partition coefficient (Wildman–Crippen LogP) is 4.01. The molecule has 32 heavy (non-hydrogen) atoms. The van der Waals surface area contributed by atoms with Gasteiger partial charge in [0.2, 0.25) is 0 Å². The number of alkyl halides is 1. The van der Waals surface area contributed by atoms with E-state index in [4.69, 9.17) is 27.9 Å². The van der Waals surface area contributed by atoms with Crippen LogP contribution in [-0.4, -0.2) is 53.5 Å². The lowest BCUT2D eigenvalue weighted by Crippen LogP contribution is -2.22. The Morgan fingerprint density at radius 3 is 2.62 bits per heavy atom. The molecule has 0 aliphatic carbocycles. The number of hydrogen-bond acceptors (Lipinski definition) is 7. The monoisotopic (exact) mass is 493 g/mol. The number of nitrogens with zero attached hydrogens (tertiary/aromatic N) is 2. The number of halogens is 2. The zero-order chi connectivity index (χ0) is 22.8. The molecule has 1 aliphatic rings. The van der Waals surface area contributed by atoms with Crippen LogP contribution in [0.1, 0.15) is 15.2 Å². The first kappa shape index (κ1) is 22.8. The number of nitrogens with one attached hydrogen (secondary N) is 1. The number of β-amino-alcohol motifs (C(OH)–C–C–N with tert-alkyl or cyclic N) is 2. The number of thiophene rings is 1. The zero-order valence-electron chi connectivity index (χ0n) is 17.1. The fourth-order valence-electron chi connectivity index (χ4n) is 3.54. The summed E-state index contributed by atoms with van der Waals surface area (Å²) in [6.45, 7) is 0.609. The Kier molecular flexibility index (Phi) is 6.88. The number of aromatic nitrogens is 1. The standard InChI is InChI=1S/C22H21Cl2N3O4S/c1-31-19-7-14(3-5-16(19)27-10-17(28)18(29)11-27)26-22(30)21-12(8-23)6-20(32-21)15-4-2-13(24)9-25-15/h2-7,9,17-18,28-29H,8,10-11H2,1H3,(H,26,30)/t17-,18+. The fraction of sp³-hybridized carbons (Fsp3) is 0.273. The molecule has 168 valence electrons. The molecule has 1 fully saturated rings. The first-order chi connectivity index (χ1) is 15.4. The Labute approximate surface area is 199 Å². The van der Waals surface area contributed by atoms with E-state index in [2.05, 4.69) is 10.3 Å². The van der Waals surface area contributed by atoms with E-state index in [-0.39, 0.29) is 11.8 Å². The number of aliphatic hydroxyl groups excluding tert-OH is 2. The highest BCUT2D eigenvalue weighted by atomic mass is 35.5. The van der Waals surface area contributed by atoms with Crippen molar-refractivity contribution in [1.29, 1.82) is 0 Å². The van der Waals surface area contributed by atoms with E-state index in [1.165, 1.54) is 18.4 Å². The van der Waals surface area contributed by atoms with Crippen molar-refractivity contribution in [3.05, 3.63) is 58.1 Å². The molecular weight excluding hydrogens is 473 g/mol. The summed E-state index contributed by atoms with van der Waals surface area (Å²) in [7, 11) is 1.53. The van der Waals surface area contributed by atoms with Crippen LogP contribution >= 0.6 is 34.5 Å². The van der Waals surface area contributed by atoms with Gasteiger partial charge in [0.15, 0.2) is 0 Å². The normalized spacial score (nSPS) is 18.1. The van der Waals surface area contributed by atoms with Crippen LogP contribution in [0.5, 0.6) is 5.75 Å². The van der Waals surface area contributed by atoms with Gasteiger partial charge in [-0.15, -0.1) is 22.9 Å². The van der Waals surface area contributed by atoms with Gasteiger partial charge in [0.25, 0.3) is 5.91 Å². The second kappa shape index (κ2) is 9.64. The minimum Gasteiger partial charge on any atom is -0.495 e. The van der Waals surface area contributed by atoms with E-state index in [0.29, 0.717) is 45.7 Å². The molecule has 1 saturated heterocycles. The number of benzene rings is 1. The van der Waals surface area contributed by atoms with E-state index >= 15 is 0 Å². The van der Waals surface area contributed by atoms with E-state index in [9.17, 15) is 15.0 Å². The average molecular weight is 494 g/mol. The molecule has 1 aliphatic heterocycles. The van der Waals surface area contributed by atoms with Gasteiger partial charge in [0, 0.05) is 36.9 Å². The Morgan fingerprint density at radius 2 is 2.00 bits per heavy atom. The number of aliphatic hydroxyl groups is 2. The van der Waals surface area contributed by atoms with Gasteiger partial charge in [-0.05, 0) is 35.9 Å². The first-order valence-electron chi connectivity index (χ1n) is 9.80. The topological polar surface area (TPSA) is 94.9 Å². The van der Waals surface area contributed by atoms with Crippen molar-refractivity contribution >= 4 is 51.8 Å². The summed E-state index contributed by atoms with van der Waals surface area (Å²) in [6.07, 6.45) is -0.0597. The molecule has 3 aromatic rings. The van der Waals surface area contributed by atoms with Crippen LogP contribution in [0.2, 0.25) is 5.02 Å². The predicted molar refractivity (Wildman–Crippen MR) is 127 cm³/mol. The second-order valence-corrected chi connectivity index (χ2v) is 9.10. The number of ether oxygens (including phenoxy) is 1. The van der Waals surface area contributed by atoms with Crippen molar-refractivity contribution in [2.24, 2.45) is 0 Å². The summed E-state index contributed by atoms with van der Waals surface area (Å²) in [5.41, 5.74) is 2.71. The van der Waals surface area contributed by atoms with Crippen molar-refractivity contribution in [3.63, 3.8) is 0 Å². The highest BCUT2D eigenvalue weighted by Crippen LogP contribution is 2.35. The van der Waals surface area contributed by atoms with Gasteiger partial charge in [-0.1, -0.05) is 11.6 Å². The molecule has 0 unspecified atom stereocenters. The summed E-state index contributed by atoms with van der Waals surface area (Å²) in [5, 5.41) is 23.1.